The molecule has 0 amide bonds. The molecule has 3 N–H and O–H groups in total. The zero-order chi connectivity index (χ0) is 10.6. The number of hydrogen-bond donors (Lipinski definition) is 2. The molecule has 0 spiro atoms. The molecular formula is C9H12F2N2O. The molecule has 0 bridgehead atoms. The lowest BCUT2D eigenvalue weighted by atomic mass is 10.2. The van der Waals surface area contributed by atoms with Crippen molar-refractivity contribution in [2.24, 2.45) is 5.84 Å². The van der Waals surface area contributed by atoms with E-state index in [0.29, 0.717) is 12.4 Å². The third-order valence-electron chi connectivity index (χ3n) is 1.73. The van der Waals surface area contributed by atoms with Crippen LogP contribution in [0.1, 0.15) is 18.9 Å². The number of nitrogens with two attached hydrogens (primary N) is 1. The standard InChI is InChI=1S/C9H12F2N2O/c1-2-14-6-3-4-7(9(10)11)8(5-6)13-12/h3-5,9,13H,2,12H2,1H3. The first-order valence-electron chi connectivity index (χ1n) is 4.20. The highest BCUT2D eigenvalue weighted by molar-refractivity contribution is 5.54. The number of halogens is 2. The van der Waals surface area contributed by atoms with Gasteiger partial charge in [-0.15, -0.1) is 0 Å². The van der Waals surface area contributed by atoms with Crippen LogP contribution >= 0.6 is 0 Å². The van der Waals surface area contributed by atoms with Crippen LogP contribution in [0.25, 0.3) is 0 Å². The maximum atomic E-state index is 12.4. The summed E-state index contributed by atoms with van der Waals surface area (Å²) in [5.41, 5.74) is 2.27. The monoisotopic (exact) mass is 202 g/mol. The highest BCUT2D eigenvalue weighted by Gasteiger charge is 2.12. The molecule has 0 heterocycles. The van der Waals surface area contributed by atoms with Crippen molar-refractivity contribution < 1.29 is 13.5 Å². The summed E-state index contributed by atoms with van der Waals surface area (Å²) < 4.78 is 29.9. The lowest BCUT2D eigenvalue weighted by Gasteiger charge is -2.10. The summed E-state index contributed by atoms with van der Waals surface area (Å²) in [4.78, 5) is 0. The minimum absolute atomic E-state index is 0.129. The fraction of sp³-hybridized carbons (Fsp3) is 0.333. The first-order valence-corrected chi connectivity index (χ1v) is 4.20. The third-order valence-corrected chi connectivity index (χ3v) is 1.73. The van der Waals surface area contributed by atoms with Gasteiger partial charge in [-0.2, -0.15) is 0 Å². The fourth-order valence-corrected chi connectivity index (χ4v) is 1.11. The van der Waals surface area contributed by atoms with Gasteiger partial charge < -0.3 is 10.2 Å². The van der Waals surface area contributed by atoms with E-state index in [2.05, 4.69) is 5.43 Å². The topological polar surface area (TPSA) is 47.3 Å². The molecule has 0 aliphatic rings. The summed E-state index contributed by atoms with van der Waals surface area (Å²) in [6.07, 6.45) is -2.54. The maximum Gasteiger partial charge on any atom is 0.265 e. The summed E-state index contributed by atoms with van der Waals surface area (Å²) in [5, 5.41) is 0. The number of ether oxygens (including phenoxy) is 1. The molecule has 0 radical (unpaired) electrons. The Hall–Kier alpha value is -1.36. The Labute approximate surface area is 80.8 Å². The molecule has 5 heteroatoms. The lowest BCUT2D eigenvalue weighted by molar-refractivity contribution is 0.152. The van der Waals surface area contributed by atoms with Gasteiger partial charge in [0.25, 0.3) is 6.43 Å². The van der Waals surface area contributed by atoms with Crippen molar-refractivity contribution in [3.8, 4) is 5.75 Å². The van der Waals surface area contributed by atoms with E-state index in [9.17, 15) is 8.78 Å². The van der Waals surface area contributed by atoms with Crippen molar-refractivity contribution in [3.05, 3.63) is 23.8 Å². The predicted molar refractivity (Wildman–Crippen MR) is 50.4 cm³/mol. The van der Waals surface area contributed by atoms with Crippen LogP contribution in [-0.2, 0) is 0 Å². The summed E-state index contributed by atoms with van der Waals surface area (Å²) >= 11 is 0. The van der Waals surface area contributed by atoms with E-state index in [0.717, 1.165) is 0 Å². The van der Waals surface area contributed by atoms with Crippen LogP contribution in [0.4, 0.5) is 14.5 Å². The van der Waals surface area contributed by atoms with E-state index >= 15 is 0 Å². The number of rotatable bonds is 4. The minimum Gasteiger partial charge on any atom is -0.494 e. The normalized spacial score (nSPS) is 10.4. The number of hydrogen-bond acceptors (Lipinski definition) is 3. The Balaban J connectivity index is 2.99. The number of hydrazine groups is 1. The largest absolute Gasteiger partial charge is 0.494 e. The molecule has 14 heavy (non-hydrogen) atoms. The van der Waals surface area contributed by atoms with Crippen molar-refractivity contribution in [2.45, 2.75) is 13.3 Å². The van der Waals surface area contributed by atoms with E-state index in [-0.39, 0.29) is 11.3 Å². The molecule has 0 aliphatic heterocycles. The molecule has 0 unspecified atom stereocenters. The van der Waals surface area contributed by atoms with E-state index in [1.807, 2.05) is 6.92 Å². The van der Waals surface area contributed by atoms with Crippen molar-refractivity contribution in [1.82, 2.24) is 0 Å². The Morgan fingerprint density at radius 2 is 2.21 bits per heavy atom. The second-order valence-electron chi connectivity index (χ2n) is 2.63. The molecule has 0 atom stereocenters. The average Bonchev–Trinajstić information content (AvgIpc) is 2.17. The van der Waals surface area contributed by atoms with Crippen LogP contribution in [0.3, 0.4) is 0 Å². The van der Waals surface area contributed by atoms with Crippen molar-refractivity contribution in [1.29, 1.82) is 0 Å². The molecule has 0 saturated carbocycles. The first kappa shape index (κ1) is 10.7. The van der Waals surface area contributed by atoms with Crippen molar-refractivity contribution in [2.75, 3.05) is 12.0 Å². The fourth-order valence-electron chi connectivity index (χ4n) is 1.11. The number of nitrogens with one attached hydrogen (secondary N) is 1. The second-order valence-corrected chi connectivity index (χ2v) is 2.63. The first-order chi connectivity index (χ1) is 6.69. The predicted octanol–water partition coefficient (Wildman–Crippen LogP) is 2.31. The van der Waals surface area contributed by atoms with Crippen molar-refractivity contribution >= 4 is 5.69 Å². The maximum absolute atomic E-state index is 12.4. The lowest BCUT2D eigenvalue weighted by Crippen LogP contribution is -2.09. The smallest absolute Gasteiger partial charge is 0.265 e. The van der Waals surface area contributed by atoms with Gasteiger partial charge in [-0.3, -0.25) is 5.84 Å². The van der Waals surface area contributed by atoms with Gasteiger partial charge in [0.05, 0.1) is 12.3 Å². The summed E-state index contributed by atoms with van der Waals surface area (Å²) in [7, 11) is 0. The Kier molecular flexibility index (Phi) is 3.64. The molecule has 0 fully saturated rings. The third kappa shape index (κ3) is 2.32. The number of benzene rings is 1. The molecule has 1 aromatic carbocycles. The molecule has 1 aromatic rings. The Morgan fingerprint density at radius 3 is 2.71 bits per heavy atom. The highest BCUT2D eigenvalue weighted by atomic mass is 19.3. The molecule has 3 nitrogen and oxygen atoms in total. The van der Waals surface area contributed by atoms with Gasteiger partial charge in [0.1, 0.15) is 5.75 Å². The van der Waals surface area contributed by atoms with Crippen LogP contribution in [0, 0.1) is 0 Å². The molecule has 1 rings (SSSR count). The average molecular weight is 202 g/mol. The number of anilines is 1. The van der Waals surface area contributed by atoms with E-state index < -0.39 is 6.43 Å². The van der Waals surface area contributed by atoms with Gasteiger partial charge >= 0.3 is 0 Å². The van der Waals surface area contributed by atoms with E-state index in [4.69, 9.17) is 10.6 Å². The zero-order valence-electron chi connectivity index (χ0n) is 7.76. The van der Waals surface area contributed by atoms with Gasteiger partial charge in [0.15, 0.2) is 0 Å². The second kappa shape index (κ2) is 4.76. The van der Waals surface area contributed by atoms with Crippen LogP contribution in [0.15, 0.2) is 18.2 Å². The van der Waals surface area contributed by atoms with Gasteiger partial charge in [0, 0.05) is 11.6 Å². The van der Waals surface area contributed by atoms with Gasteiger partial charge in [-0.05, 0) is 19.1 Å². The number of nitrogen functional groups attached to an aromatic ring is 1. The Bertz CT molecular complexity index is 305. The molecule has 0 aromatic heterocycles. The van der Waals surface area contributed by atoms with Crippen LogP contribution in [-0.4, -0.2) is 6.61 Å². The molecule has 78 valence electrons. The highest BCUT2D eigenvalue weighted by Crippen LogP contribution is 2.29. The van der Waals surface area contributed by atoms with Gasteiger partial charge in [0.2, 0.25) is 0 Å². The summed E-state index contributed by atoms with van der Waals surface area (Å²) in [6, 6.07) is 4.24. The van der Waals surface area contributed by atoms with Crippen molar-refractivity contribution in [3.63, 3.8) is 0 Å². The molecule has 0 aliphatic carbocycles. The zero-order valence-corrected chi connectivity index (χ0v) is 7.76. The van der Waals surface area contributed by atoms with Crippen LogP contribution in [0.5, 0.6) is 5.75 Å². The van der Waals surface area contributed by atoms with Crippen LogP contribution < -0.4 is 16.0 Å². The molecule has 0 saturated heterocycles. The van der Waals surface area contributed by atoms with E-state index in [1.54, 1.807) is 0 Å². The van der Waals surface area contributed by atoms with Crippen LogP contribution in [0.2, 0.25) is 0 Å². The Morgan fingerprint density at radius 1 is 1.50 bits per heavy atom. The number of alkyl halides is 2. The summed E-state index contributed by atoms with van der Waals surface area (Å²) in [6.45, 7) is 2.30. The van der Waals surface area contributed by atoms with Gasteiger partial charge in [-0.25, -0.2) is 8.78 Å². The van der Waals surface area contributed by atoms with E-state index in [1.165, 1.54) is 18.2 Å². The minimum atomic E-state index is -2.54. The van der Waals surface area contributed by atoms with Gasteiger partial charge in [-0.1, -0.05) is 0 Å². The quantitative estimate of drug-likeness (QED) is 0.581. The summed E-state index contributed by atoms with van der Waals surface area (Å²) in [5.74, 6) is 5.63. The molecular weight excluding hydrogens is 190 g/mol. The SMILES string of the molecule is CCOc1ccc(C(F)F)c(NN)c1.